The number of carbonyl (C=O) groups excluding carboxylic acids is 1. The van der Waals surface area contributed by atoms with Crippen LogP contribution in [0.25, 0.3) is 10.1 Å². The minimum Gasteiger partial charge on any atom is -0.467 e. The van der Waals surface area contributed by atoms with Crippen LogP contribution in [0.4, 0.5) is 0 Å². The van der Waals surface area contributed by atoms with Crippen LogP contribution in [0.5, 0.6) is 0 Å². The van der Waals surface area contributed by atoms with Crippen molar-refractivity contribution in [3.05, 3.63) is 35.2 Å². The van der Waals surface area contributed by atoms with E-state index in [0.717, 1.165) is 10.1 Å². The van der Waals surface area contributed by atoms with Crippen molar-refractivity contribution >= 4 is 27.4 Å². The Morgan fingerprint density at radius 1 is 1.35 bits per heavy atom. The van der Waals surface area contributed by atoms with E-state index in [2.05, 4.69) is 4.74 Å². The first kappa shape index (κ1) is 12.0. The molecule has 17 heavy (non-hydrogen) atoms. The number of benzene rings is 1. The lowest BCUT2D eigenvalue weighted by atomic mass is 10.0. The van der Waals surface area contributed by atoms with Gasteiger partial charge < -0.3 is 14.9 Å². The van der Waals surface area contributed by atoms with Crippen LogP contribution in [0, 0.1) is 0 Å². The molecule has 0 spiro atoms. The number of ether oxygens (including phenoxy) is 1. The van der Waals surface area contributed by atoms with Gasteiger partial charge >= 0.3 is 5.97 Å². The molecule has 2 unspecified atom stereocenters. The Hall–Kier alpha value is -1.43. The maximum Gasteiger partial charge on any atom is 0.337 e. The molecule has 2 atom stereocenters. The zero-order chi connectivity index (χ0) is 12.4. The quantitative estimate of drug-likeness (QED) is 0.812. The Labute approximate surface area is 102 Å². The molecule has 0 aliphatic heterocycles. The minimum absolute atomic E-state index is 0.494. The highest BCUT2D eigenvalue weighted by Gasteiger charge is 2.26. The summed E-state index contributed by atoms with van der Waals surface area (Å²) < 4.78 is 5.47. The average Bonchev–Trinajstić information content (AvgIpc) is 2.83. The van der Waals surface area contributed by atoms with Crippen LogP contribution in [-0.4, -0.2) is 29.4 Å². The van der Waals surface area contributed by atoms with Crippen LogP contribution in [0.2, 0.25) is 0 Å². The molecule has 1 aromatic carbocycles. The summed E-state index contributed by atoms with van der Waals surface area (Å²) in [7, 11) is 1.17. The summed E-state index contributed by atoms with van der Waals surface area (Å²) in [6.45, 7) is 0. The number of fused-ring (bicyclic) bond motifs is 1. The standard InChI is InChI=1S/C12H12O4S/c1-16-12(15)11(14)10(13)8-2-3-9-7(6-8)4-5-17-9/h2-6,10-11,13-14H,1H3. The molecular weight excluding hydrogens is 240 g/mol. The molecule has 2 aromatic rings. The van der Waals surface area contributed by atoms with Gasteiger partial charge in [-0.1, -0.05) is 6.07 Å². The smallest absolute Gasteiger partial charge is 0.337 e. The zero-order valence-electron chi connectivity index (χ0n) is 9.16. The molecule has 0 bridgehead atoms. The third-order valence-corrected chi connectivity index (χ3v) is 3.46. The van der Waals surface area contributed by atoms with Gasteiger partial charge in [0.2, 0.25) is 0 Å². The van der Waals surface area contributed by atoms with Crippen molar-refractivity contribution < 1.29 is 19.7 Å². The minimum atomic E-state index is -1.56. The van der Waals surface area contributed by atoms with Crippen molar-refractivity contribution in [3.8, 4) is 0 Å². The highest BCUT2D eigenvalue weighted by molar-refractivity contribution is 7.17. The summed E-state index contributed by atoms with van der Waals surface area (Å²) >= 11 is 1.59. The Morgan fingerprint density at radius 3 is 2.82 bits per heavy atom. The van der Waals surface area contributed by atoms with Crippen LogP contribution >= 0.6 is 11.3 Å². The second-order valence-electron chi connectivity index (χ2n) is 3.63. The lowest BCUT2D eigenvalue weighted by molar-refractivity contribution is -0.156. The van der Waals surface area contributed by atoms with E-state index in [-0.39, 0.29) is 0 Å². The maximum absolute atomic E-state index is 11.1. The fourth-order valence-electron chi connectivity index (χ4n) is 1.60. The van der Waals surface area contributed by atoms with E-state index < -0.39 is 18.2 Å². The maximum atomic E-state index is 11.1. The molecule has 2 rings (SSSR count). The fourth-order valence-corrected chi connectivity index (χ4v) is 2.37. The van der Waals surface area contributed by atoms with Crippen LogP contribution in [0.1, 0.15) is 11.7 Å². The molecular formula is C12H12O4S. The molecule has 0 aliphatic carbocycles. The van der Waals surface area contributed by atoms with E-state index in [1.807, 2.05) is 17.5 Å². The van der Waals surface area contributed by atoms with E-state index in [0.29, 0.717) is 5.56 Å². The summed E-state index contributed by atoms with van der Waals surface area (Å²) in [4.78, 5) is 11.1. The number of rotatable bonds is 3. The number of hydrogen-bond donors (Lipinski definition) is 2. The molecule has 0 fully saturated rings. The molecule has 4 nitrogen and oxygen atoms in total. The number of hydrogen-bond acceptors (Lipinski definition) is 5. The largest absolute Gasteiger partial charge is 0.467 e. The molecule has 0 aliphatic rings. The van der Waals surface area contributed by atoms with Crippen molar-refractivity contribution in [2.24, 2.45) is 0 Å². The summed E-state index contributed by atoms with van der Waals surface area (Å²) in [6.07, 6.45) is -2.83. The van der Waals surface area contributed by atoms with E-state index in [1.165, 1.54) is 7.11 Å². The van der Waals surface area contributed by atoms with E-state index in [1.54, 1.807) is 23.5 Å². The van der Waals surface area contributed by atoms with E-state index in [4.69, 9.17) is 0 Å². The fraction of sp³-hybridized carbons (Fsp3) is 0.250. The second-order valence-corrected chi connectivity index (χ2v) is 4.58. The number of thiophene rings is 1. The molecule has 0 saturated carbocycles. The van der Waals surface area contributed by atoms with Gasteiger partial charge in [-0.2, -0.15) is 0 Å². The summed E-state index contributed by atoms with van der Waals surface area (Å²) in [5, 5.41) is 22.3. The van der Waals surface area contributed by atoms with Gasteiger partial charge in [-0.05, 0) is 34.5 Å². The monoisotopic (exact) mass is 252 g/mol. The first-order valence-corrected chi connectivity index (χ1v) is 5.92. The molecule has 0 radical (unpaired) electrons. The van der Waals surface area contributed by atoms with Crippen molar-refractivity contribution in [2.45, 2.75) is 12.2 Å². The number of esters is 1. The van der Waals surface area contributed by atoms with Crippen molar-refractivity contribution in [3.63, 3.8) is 0 Å². The Balaban J connectivity index is 2.29. The van der Waals surface area contributed by atoms with Crippen molar-refractivity contribution in [1.29, 1.82) is 0 Å². The third-order valence-electron chi connectivity index (χ3n) is 2.56. The number of aliphatic hydroxyl groups is 2. The van der Waals surface area contributed by atoms with E-state index in [9.17, 15) is 15.0 Å². The molecule has 90 valence electrons. The molecule has 0 amide bonds. The predicted octanol–water partition coefficient (Wildman–Crippen LogP) is 1.47. The second kappa shape index (κ2) is 4.83. The Bertz CT molecular complexity index is 534. The van der Waals surface area contributed by atoms with Gasteiger partial charge in [0.1, 0.15) is 6.10 Å². The first-order valence-electron chi connectivity index (χ1n) is 5.04. The lowest BCUT2D eigenvalue weighted by Gasteiger charge is -2.15. The molecule has 0 saturated heterocycles. The van der Waals surface area contributed by atoms with Crippen LogP contribution in [0.3, 0.4) is 0 Å². The predicted molar refractivity (Wildman–Crippen MR) is 64.8 cm³/mol. The van der Waals surface area contributed by atoms with Crippen molar-refractivity contribution in [2.75, 3.05) is 7.11 Å². The zero-order valence-corrected chi connectivity index (χ0v) is 9.98. The SMILES string of the molecule is COC(=O)C(O)C(O)c1ccc2sccc2c1. The summed E-state index contributed by atoms with van der Waals surface area (Å²) in [5.74, 6) is -0.845. The van der Waals surface area contributed by atoms with Gasteiger partial charge in [0.05, 0.1) is 7.11 Å². The van der Waals surface area contributed by atoms with Gasteiger partial charge in [-0.15, -0.1) is 11.3 Å². The molecule has 2 N–H and O–H groups in total. The van der Waals surface area contributed by atoms with E-state index >= 15 is 0 Å². The highest BCUT2D eigenvalue weighted by Crippen LogP contribution is 2.26. The van der Waals surface area contributed by atoms with Gasteiger partial charge in [0, 0.05) is 4.70 Å². The summed E-state index contributed by atoms with van der Waals surface area (Å²) in [6, 6.07) is 7.21. The lowest BCUT2D eigenvalue weighted by Crippen LogP contribution is -2.28. The highest BCUT2D eigenvalue weighted by atomic mass is 32.1. The first-order chi connectivity index (χ1) is 8.13. The third kappa shape index (κ3) is 2.31. The van der Waals surface area contributed by atoms with Crippen LogP contribution < -0.4 is 0 Å². The van der Waals surface area contributed by atoms with Gasteiger partial charge in [-0.25, -0.2) is 4.79 Å². The number of methoxy groups -OCH3 is 1. The van der Waals surface area contributed by atoms with Gasteiger partial charge in [0.15, 0.2) is 6.10 Å². The average molecular weight is 252 g/mol. The number of carbonyl (C=O) groups is 1. The van der Waals surface area contributed by atoms with Crippen LogP contribution in [-0.2, 0) is 9.53 Å². The molecule has 1 aromatic heterocycles. The summed E-state index contributed by atoms with van der Waals surface area (Å²) in [5.41, 5.74) is 0.494. The topological polar surface area (TPSA) is 66.8 Å². The van der Waals surface area contributed by atoms with Crippen molar-refractivity contribution in [1.82, 2.24) is 0 Å². The normalized spacial score (nSPS) is 14.5. The van der Waals surface area contributed by atoms with Crippen LogP contribution in [0.15, 0.2) is 29.6 Å². The number of aliphatic hydroxyl groups excluding tert-OH is 2. The molecule has 1 heterocycles. The van der Waals surface area contributed by atoms with Gasteiger partial charge in [0.25, 0.3) is 0 Å². The Kier molecular flexibility index (Phi) is 3.42. The molecule has 5 heteroatoms. The van der Waals surface area contributed by atoms with Gasteiger partial charge in [-0.3, -0.25) is 0 Å². The Morgan fingerprint density at radius 2 is 2.12 bits per heavy atom.